The molecule has 0 aromatic carbocycles. The third-order valence-corrected chi connectivity index (χ3v) is 10.4. The molecule has 41 heavy (non-hydrogen) atoms. The third kappa shape index (κ3) is 6.57. The summed E-state index contributed by atoms with van der Waals surface area (Å²) in [5, 5.41) is 41.2. The molecule has 4 N–H and O–H groups in total. The van der Waals surface area contributed by atoms with Crippen molar-refractivity contribution in [1.82, 2.24) is 0 Å². The summed E-state index contributed by atoms with van der Waals surface area (Å²) < 4.78 is 5.66. The first-order valence-electron chi connectivity index (χ1n) is 14.1. The normalized spacial score (nSPS) is 34.6. The van der Waals surface area contributed by atoms with Crippen LogP contribution in [0.25, 0.3) is 0 Å². The highest BCUT2D eigenvalue weighted by molar-refractivity contribution is 7.08. The van der Waals surface area contributed by atoms with Crippen LogP contribution < -0.4 is 0 Å². The van der Waals surface area contributed by atoms with E-state index in [2.05, 4.69) is 0 Å². The van der Waals surface area contributed by atoms with E-state index in [9.17, 15) is 29.4 Å². The topological polar surface area (TPSA) is 158 Å². The van der Waals surface area contributed by atoms with E-state index >= 15 is 0 Å². The van der Waals surface area contributed by atoms with Crippen molar-refractivity contribution in [2.75, 3.05) is 13.7 Å². The average molecular weight is 595 g/mol. The molecule has 1 saturated heterocycles. The van der Waals surface area contributed by atoms with Gasteiger partial charge in [0.2, 0.25) is 0 Å². The standard InChI is InChI=1S/C22H32O5.C5H4OS.C3H6O2.CH4O/c1-11-6-7-22(26)9-14-13-10-27-15(13)8-16(24)21(14,5)19(25)17(12(2)23)18(11)20(22,3)4;6-3-5-1-2-7-4-5;1-2-3(4)5;1-2/h13-17,24,26H,6-10H2,1-5H3;1-4H;2H2,1H3,(H,4,5);2H,1H3. The van der Waals surface area contributed by atoms with Crippen LogP contribution in [0, 0.1) is 28.6 Å². The van der Waals surface area contributed by atoms with Gasteiger partial charge in [-0.05, 0) is 63.0 Å². The molecule has 2 bridgehead atoms. The number of fused-ring (bicyclic) bond motifs is 5. The van der Waals surface area contributed by atoms with Gasteiger partial charge in [-0.25, -0.2) is 0 Å². The Morgan fingerprint density at radius 2 is 1.83 bits per heavy atom. The SMILES string of the molecule is CC(=O)C1C(=O)C2(C)C(O)CC3OCC3C2CC2(O)CCC(C)=C1C2(C)C.CCC(=O)O.CO.O=Cc1ccsc1. The number of aliphatic hydroxyl groups is 3. The van der Waals surface area contributed by atoms with Crippen molar-refractivity contribution in [3.63, 3.8) is 0 Å². The number of ether oxygens (including phenoxy) is 1. The summed E-state index contributed by atoms with van der Waals surface area (Å²) in [6, 6.07) is 1.79. The summed E-state index contributed by atoms with van der Waals surface area (Å²) in [7, 11) is 1.00. The van der Waals surface area contributed by atoms with Gasteiger partial charge < -0.3 is 25.2 Å². The minimum absolute atomic E-state index is 0.0480. The number of hydrogen-bond acceptors (Lipinski definition) is 9. The summed E-state index contributed by atoms with van der Waals surface area (Å²) in [6.07, 6.45) is 2.37. The van der Waals surface area contributed by atoms with Gasteiger partial charge in [0.25, 0.3) is 0 Å². The summed E-state index contributed by atoms with van der Waals surface area (Å²) in [6.45, 7) is 11.4. The van der Waals surface area contributed by atoms with E-state index in [0.29, 0.717) is 32.3 Å². The number of carboxylic acid groups (broad SMARTS) is 1. The highest BCUT2D eigenvalue weighted by Crippen LogP contribution is 2.62. The Morgan fingerprint density at radius 3 is 2.24 bits per heavy atom. The molecule has 9 nitrogen and oxygen atoms in total. The maximum Gasteiger partial charge on any atom is 0.303 e. The van der Waals surface area contributed by atoms with E-state index in [0.717, 1.165) is 30.1 Å². The average Bonchev–Trinajstić information content (AvgIpc) is 3.45. The molecule has 230 valence electrons. The molecule has 0 radical (unpaired) electrons. The fourth-order valence-electron chi connectivity index (χ4n) is 6.95. The Balaban J connectivity index is 0.000000348. The lowest BCUT2D eigenvalue weighted by Gasteiger charge is -2.62. The van der Waals surface area contributed by atoms with Gasteiger partial charge in [-0.1, -0.05) is 26.3 Å². The van der Waals surface area contributed by atoms with Gasteiger partial charge in [-0.15, -0.1) is 0 Å². The molecule has 3 aliphatic carbocycles. The lowest BCUT2D eigenvalue weighted by molar-refractivity contribution is -0.239. The van der Waals surface area contributed by atoms with Crippen LogP contribution in [0.2, 0.25) is 0 Å². The van der Waals surface area contributed by atoms with E-state index in [1.54, 1.807) is 13.0 Å². The summed E-state index contributed by atoms with van der Waals surface area (Å²) in [5.74, 6) is -2.00. The number of aliphatic carboxylic acids is 1. The first-order valence-corrected chi connectivity index (χ1v) is 15.0. The minimum atomic E-state index is -1.03. The highest BCUT2D eigenvalue weighted by atomic mass is 32.1. The van der Waals surface area contributed by atoms with Gasteiger partial charge in [0.1, 0.15) is 5.78 Å². The van der Waals surface area contributed by atoms with Crippen LogP contribution in [0.1, 0.15) is 84.0 Å². The van der Waals surface area contributed by atoms with Gasteiger partial charge in [-0.2, -0.15) is 11.3 Å². The molecule has 7 atom stereocenters. The van der Waals surface area contributed by atoms with Gasteiger partial charge in [0, 0.05) is 42.2 Å². The summed E-state index contributed by atoms with van der Waals surface area (Å²) >= 11 is 1.53. The van der Waals surface area contributed by atoms with Crippen LogP contribution >= 0.6 is 11.3 Å². The molecule has 1 aliphatic heterocycles. The monoisotopic (exact) mass is 594 g/mol. The predicted octanol–water partition coefficient (Wildman–Crippen LogP) is 4.08. The molecule has 7 unspecified atom stereocenters. The van der Waals surface area contributed by atoms with Crippen molar-refractivity contribution < 1.29 is 44.3 Å². The number of rotatable bonds is 3. The number of carbonyl (C=O) groups is 4. The lowest BCUT2D eigenvalue weighted by Crippen LogP contribution is -2.67. The second-order valence-corrected chi connectivity index (χ2v) is 12.8. The first kappa shape index (κ1) is 35.0. The van der Waals surface area contributed by atoms with Crippen LogP contribution in [0.5, 0.6) is 0 Å². The van der Waals surface area contributed by atoms with Crippen molar-refractivity contribution in [2.24, 2.45) is 28.6 Å². The zero-order valence-electron chi connectivity index (χ0n) is 25.2. The number of aliphatic hydroxyl groups excluding tert-OH is 2. The quantitative estimate of drug-likeness (QED) is 0.230. The number of Topliss-reactive ketones (excluding diaryl/α,β-unsaturated/α-hetero) is 2. The number of aldehydes is 1. The van der Waals surface area contributed by atoms with E-state index in [-0.39, 0.29) is 35.9 Å². The van der Waals surface area contributed by atoms with Gasteiger partial charge in [-0.3, -0.25) is 19.2 Å². The van der Waals surface area contributed by atoms with Crippen molar-refractivity contribution >= 4 is 35.2 Å². The fourth-order valence-corrected chi connectivity index (χ4v) is 7.56. The Labute approximate surface area is 246 Å². The van der Waals surface area contributed by atoms with Crippen LogP contribution in [0.4, 0.5) is 0 Å². The molecule has 5 rings (SSSR count). The lowest BCUT2D eigenvalue weighted by atomic mass is 9.46. The maximum absolute atomic E-state index is 13.9. The smallest absolute Gasteiger partial charge is 0.303 e. The number of carboxylic acids is 1. The zero-order chi connectivity index (χ0) is 31.3. The molecule has 2 heterocycles. The Bertz CT molecular complexity index is 1120. The Kier molecular flexibility index (Phi) is 11.8. The first-order chi connectivity index (χ1) is 19.1. The number of allylic oxidation sites excluding steroid dienone is 1. The summed E-state index contributed by atoms with van der Waals surface area (Å²) in [4.78, 5) is 45.9. The largest absolute Gasteiger partial charge is 0.481 e. The van der Waals surface area contributed by atoms with Crippen LogP contribution in [0.15, 0.2) is 28.0 Å². The molecule has 1 aromatic heterocycles. The molecule has 4 aliphatic rings. The number of carbonyl (C=O) groups excluding carboxylic acids is 3. The zero-order valence-corrected chi connectivity index (χ0v) is 26.0. The Morgan fingerprint density at radius 1 is 1.22 bits per heavy atom. The van der Waals surface area contributed by atoms with Crippen molar-refractivity contribution in [3.05, 3.63) is 33.5 Å². The van der Waals surface area contributed by atoms with Gasteiger partial charge >= 0.3 is 5.97 Å². The van der Waals surface area contributed by atoms with E-state index in [1.165, 1.54) is 18.3 Å². The number of ketones is 2. The fraction of sp³-hybridized carbons (Fsp3) is 0.677. The molecular weight excluding hydrogens is 548 g/mol. The molecule has 2 saturated carbocycles. The van der Waals surface area contributed by atoms with Crippen LogP contribution in [-0.4, -0.2) is 75.8 Å². The van der Waals surface area contributed by atoms with Crippen molar-refractivity contribution in [3.8, 4) is 0 Å². The van der Waals surface area contributed by atoms with E-state index < -0.39 is 34.4 Å². The van der Waals surface area contributed by atoms with E-state index in [1.807, 2.05) is 38.5 Å². The van der Waals surface area contributed by atoms with Gasteiger partial charge in [0.05, 0.1) is 35.7 Å². The van der Waals surface area contributed by atoms with Crippen LogP contribution in [-0.2, 0) is 19.1 Å². The molecule has 0 spiro atoms. The molecular formula is C31H46O9S. The molecule has 10 heteroatoms. The second kappa shape index (κ2) is 13.8. The molecule has 0 amide bonds. The highest BCUT2D eigenvalue weighted by Gasteiger charge is 2.66. The summed E-state index contributed by atoms with van der Waals surface area (Å²) in [5.41, 5.74) is -0.104. The number of hydrogen-bond donors (Lipinski definition) is 4. The number of thiophene rings is 1. The van der Waals surface area contributed by atoms with E-state index in [4.69, 9.17) is 14.9 Å². The Hall–Kier alpha value is -2.24. The van der Waals surface area contributed by atoms with Gasteiger partial charge in [0.15, 0.2) is 12.1 Å². The van der Waals surface area contributed by atoms with Crippen LogP contribution in [0.3, 0.4) is 0 Å². The molecule has 1 aromatic rings. The molecule has 3 fully saturated rings. The third-order valence-electron chi connectivity index (χ3n) is 9.65. The minimum Gasteiger partial charge on any atom is -0.481 e. The maximum atomic E-state index is 13.9. The predicted molar refractivity (Wildman–Crippen MR) is 156 cm³/mol. The van der Waals surface area contributed by atoms with Crippen molar-refractivity contribution in [1.29, 1.82) is 0 Å². The second-order valence-electron chi connectivity index (χ2n) is 12.1. The van der Waals surface area contributed by atoms with Crippen molar-refractivity contribution in [2.45, 2.75) is 91.5 Å².